The Morgan fingerprint density at radius 1 is 1.47 bits per heavy atom. The molecular weight excluding hydrogens is 224 g/mol. The molecule has 7 nitrogen and oxygen atoms in total. The van der Waals surface area contributed by atoms with Gasteiger partial charge < -0.3 is 21.3 Å². The standard InChI is InChI=1S/C10H12N4O3/c1-17-8-4-6(5-13-14-10(11)12)2-3-7(8)9(15)16/h2-5H,1H3,(H,15,16)(H4,11,12,14). The van der Waals surface area contributed by atoms with Crippen LogP contribution < -0.4 is 16.2 Å². The average Bonchev–Trinajstić information content (AvgIpc) is 2.28. The highest BCUT2D eigenvalue weighted by Gasteiger charge is 2.10. The number of carboxylic acids is 1. The van der Waals surface area contributed by atoms with Crippen molar-refractivity contribution >= 4 is 18.1 Å². The van der Waals surface area contributed by atoms with Crippen molar-refractivity contribution in [1.29, 1.82) is 0 Å². The minimum Gasteiger partial charge on any atom is -0.496 e. The molecule has 0 fully saturated rings. The maximum atomic E-state index is 10.8. The van der Waals surface area contributed by atoms with Crippen molar-refractivity contribution in [3.05, 3.63) is 29.3 Å². The summed E-state index contributed by atoms with van der Waals surface area (Å²) in [6, 6.07) is 4.50. The molecule has 0 aliphatic heterocycles. The van der Waals surface area contributed by atoms with Gasteiger partial charge in [-0.15, -0.1) is 5.10 Å². The molecule has 0 saturated carbocycles. The van der Waals surface area contributed by atoms with E-state index in [1.54, 1.807) is 6.07 Å². The van der Waals surface area contributed by atoms with E-state index >= 15 is 0 Å². The van der Waals surface area contributed by atoms with Gasteiger partial charge in [0, 0.05) is 0 Å². The summed E-state index contributed by atoms with van der Waals surface area (Å²) in [7, 11) is 1.39. The second-order valence-electron chi connectivity index (χ2n) is 3.03. The molecule has 0 spiro atoms. The SMILES string of the molecule is COc1cc(C=NN=C(N)N)ccc1C(=O)O. The van der Waals surface area contributed by atoms with Crippen molar-refractivity contribution in [3.63, 3.8) is 0 Å². The van der Waals surface area contributed by atoms with E-state index in [-0.39, 0.29) is 17.3 Å². The molecule has 90 valence electrons. The Balaban J connectivity index is 3.02. The highest BCUT2D eigenvalue weighted by molar-refractivity contribution is 5.92. The number of aromatic carboxylic acids is 1. The van der Waals surface area contributed by atoms with Crippen molar-refractivity contribution in [2.24, 2.45) is 21.7 Å². The summed E-state index contributed by atoms with van der Waals surface area (Å²) >= 11 is 0. The van der Waals surface area contributed by atoms with Gasteiger partial charge in [0.05, 0.1) is 13.3 Å². The third kappa shape index (κ3) is 3.49. The minimum absolute atomic E-state index is 0.0755. The number of methoxy groups -OCH3 is 1. The fourth-order valence-electron chi connectivity index (χ4n) is 1.13. The Morgan fingerprint density at radius 3 is 2.71 bits per heavy atom. The molecule has 5 N–H and O–H groups in total. The average molecular weight is 236 g/mol. The molecule has 0 unspecified atom stereocenters. The number of benzene rings is 1. The molecule has 0 aliphatic carbocycles. The van der Waals surface area contributed by atoms with Crippen LogP contribution in [-0.4, -0.2) is 30.4 Å². The molecule has 1 rings (SSSR count). The lowest BCUT2D eigenvalue weighted by molar-refractivity contribution is 0.0693. The van der Waals surface area contributed by atoms with E-state index in [9.17, 15) is 4.79 Å². The highest BCUT2D eigenvalue weighted by Crippen LogP contribution is 2.19. The Hall–Kier alpha value is -2.57. The first-order valence-corrected chi connectivity index (χ1v) is 4.58. The summed E-state index contributed by atoms with van der Waals surface area (Å²) in [4.78, 5) is 10.8. The first kappa shape index (κ1) is 12.5. The van der Waals surface area contributed by atoms with Crippen LogP contribution in [0.25, 0.3) is 0 Å². The van der Waals surface area contributed by atoms with E-state index in [0.717, 1.165) is 0 Å². The molecule has 0 aliphatic rings. The van der Waals surface area contributed by atoms with Crippen molar-refractivity contribution in [3.8, 4) is 5.75 Å². The predicted molar refractivity (Wildman–Crippen MR) is 63.4 cm³/mol. The lowest BCUT2D eigenvalue weighted by Crippen LogP contribution is -2.21. The summed E-state index contributed by atoms with van der Waals surface area (Å²) in [5, 5.41) is 15.9. The van der Waals surface area contributed by atoms with Gasteiger partial charge in [-0.3, -0.25) is 0 Å². The Kier molecular flexibility index (Phi) is 4.04. The maximum Gasteiger partial charge on any atom is 0.339 e. The molecule has 0 heterocycles. The molecule has 0 atom stereocenters. The van der Waals surface area contributed by atoms with Crippen LogP contribution in [0, 0.1) is 0 Å². The molecule has 1 aromatic rings. The number of nitrogens with two attached hydrogens (primary N) is 2. The van der Waals surface area contributed by atoms with Crippen molar-refractivity contribution in [1.82, 2.24) is 0 Å². The second-order valence-corrected chi connectivity index (χ2v) is 3.03. The third-order valence-corrected chi connectivity index (χ3v) is 1.84. The van der Waals surface area contributed by atoms with Crippen LogP contribution >= 0.6 is 0 Å². The largest absolute Gasteiger partial charge is 0.496 e. The van der Waals surface area contributed by atoms with Gasteiger partial charge in [-0.2, -0.15) is 5.10 Å². The van der Waals surface area contributed by atoms with Crippen molar-refractivity contribution in [2.75, 3.05) is 7.11 Å². The minimum atomic E-state index is -1.06. The summed E-state index contributed by atoms with van der Waals surface area (Å²) in [6.07, 6.45) is 1.38. The third-order valence-electron chi connectivity index (χ3n) is 1.84. The number of rotatable bonds is 4. The van der Waals surface area contributed by atoms with E-state index in [0.29, 0.717) is 5.56 Å². The first-order chi connectivity index (χ1) is 8.04. The summed E-state index contributed by atoms with van der Waals surface area (Å²) in [6.45, 7) is 0. The maximum absolute atomic E-state index is 10.8. The molecule has 1 aromatic carbocycles. The number of guanidine groups is 1. The molecule has 0 amide bonds. The van der Waals surface area contributed by atoms with Gasteiger partial charge in [0.15, 0.2) is 0 Å². The molecular formula is C10H12N4O3. The Morgan fingerprint density at radius 2 is 2.18 bits per heavy atom. The second kappa shape index (κ2) is 5.50. The number of nitrogens with zero attached hydrogens (tertiary/aromatic N) is 2. The lowest BCUT2D eigenvalue weighted by atomic mass is 10.1. The van der Waals surface area contributed by atoms with Gasteiger partial charge in [-0.05, 0) is 17.7 Å². The molecule has 0 bridgehead atoms. The van der Waals surface area contributed by atoms with Gasteiger partial charge in [-0.25, -0.2) is 4.79 Å². The van der Waals surface area contributed by atoms with Gasteiger partial charge in [0.2, 0.25) is 5.96 Å². The van der Waals surface area contributed by atoms with E-state index in [2.05, 4.69) is 10.2 Å². The van der Waals surface area contributed by atoms with Crippen LogP contribution in [0.1, 0.15) is 15.9 Å². The molecule has 0 saturated heterocycles. The first-order valence-electron chi connectivity index (χ1n) is 4.58. The zero-order valence-corrected chi connectivity index (χ0v) is 9.12. The summed E-state index contributed by atoms with van der Waals surface area (Å²) < 4.78 is 4.95. The van der Waals surface area contributed by atoms with Gasteiger partial charge in [0.25, 0.3) is 0 Å². The molecule has 17 heavy (non-hydrogen) atoms. The summed E-state index contributed by atoms with van der Waals surface area (Å²) in [5.74, 6) is -0.976. The predicted octanol–water partition coefficient (Wildman–Crippen LogP) is 0.000700. The zero-order chi connectivity index (χ0) is 12.8. The van der Waals surface area contributed by atoms with E-state index in [1.807, 2.05) is 0 Å². The topological polar surface area (TPSA) is 123 Å². The fraction of sp³-hybridized carbons (Fsp3) is 0.100. The fourth-order valence-corrected chi connectivity index (χ4v) is 1.13. The van der Waals surface area contributed by atoms with Gasteiger partial charge >= 0.3 is 5.97 Å². The van der Waals surface area contributed by atoms with E-state index in [1.165, 1.54) is 25.5 Å². The van der Waals surface area contributed by atoms with Crippen molar-refractivity contribution < 1.29 is 14.6 Å². The number of carboxylic acid groups (broad SMARTS) is 1. The summed E-state index contributed by atoms with van der Waals surface area (Å²) in [5.41, 5.74) is 10.9. The Labute approximate surface area is 97.4 Å². The number of carbonyl (C=O) groups is 1. The van der Waals surface area contributed by atoms with Crippen LogP contribution in [0.15, 0.2) is 28.4 Å². The lowest BCUT2D eigenvalue weighted by Gasteiger charge is -2.04. The number of hydrogen-bond acceptors (Lipinski definition) is 4. The van der Waals surface area contributed by atoms with Crippen LogP contribution in [0.5, 0.6) is 5.75 Å². The van der Waals surface area contributed by atoms with Crippen molar-refractivity contribution in [2.45, 2.75) is 0 Å². The van der Waals surface area contributed by atoms with Gasteiger partial charge in [0.1, 0.15) is 11.3 Å². The Bertz CT molecular complexity index is 478. The number of ether oxygens (including phenoxy) is 1. The molecule has 0 radical (unpaired) electrons. The van der Waals surface area contributed by atoms with Crippen LogP contribution in [0.4, 0.5) is 0 Å². The van der Waals surface area contributed by atoms with E-state index < -0.39 is 5.97 Å². The van der Waals surface area contributed by atoms with Crippen LogP contribution in [0.2, 0.25) is 0 Å². The normalized spacial score (nSPS) is 10.2. The van der Waals surface area contributed by atoms with Gasteiger partial charge in [-0.1, -0.05) is 6.07 Å². The van der Waals surface area contributed by atoms with Crippen LogP contribution in [-0.2, 0) is 0 Å². The van der Waals surface area contributed by atoms with Crippen LogP contribution in [0.3, 0.4) is 0 Å². The molecule has 7 heteroatoms. The number of hydrogen-bond donors (Lipinski definition) is 3. The monoisotopic (exact) mass is 236 g/mol. The zero-order valence-electron chi connectivity index (χ0n) is 9.12. The smallest absolute Gasteiger partial charge is 0.339 e. The quantitative estimate of drug-likeness (QED) is 0.385. The van der Waals surface area contributed by atoms with E-state index in [4.69, 9.17) is 21.3 Å². The molecule has 0 aromatic heterocycles. The highest BCUT2D eigenvalue weighted by atomic mass is 16.5.